The Balaban J connectivity index is 2.82. The lowest BCUT2D eigenvalue weighted by molar-refractivity contribution is -0.136. The lowest BCUT2D eigenvalue weighted by Gasteiger charge is -2.31. The van der Waals surface area contributed by atoms with Crippen LogP contribution in [0.15, 0.2) is 24.3 Å². The number of nitrogens with two attached hydrogens (primary N) is 1. The van der Waals surface area contributed by atoms with Gasteiger partial charge in [0.05, 0.1) is 6.42 Å². The molecule has 0 aliphatic rings. The molecule has 1 aromatic carbocycles. The number of aliphatic carboxylic acids is 1. The largest absolute Gasteiger partial charge is 0.481 e. The first kappa shape index (κ1) is 16.7. The van der Waals surface area contributed by atoms with Gasteiger partial charge in [0.1, 0.15) is 0 Å². The Hall–Kier alpha value is -1.39. The third-order valence-electron chi connectivity index (χ3n) is 3.51. The molecular formula is C16H26N2O2. The zero-order chi connectivity index (χ0) is 15.2. The van der Waals surface area contributed by atoms with Crippen LogP contribution in [-0.2, 0) is 17.8 Å². The van der Waals surface area contributed by atoms with E-state index in [1.807, 2.05) is 24.3 Å². The number of rotatable bonds is 8. The minimum absolute atomic E-state index is 0.0672. The standard InChI is InChI=1S/C16H26N2O2/c1-4-18(12-16(2,3)11-17)10-14-8-6-5-7-13(14)9-15(19)20/h5-8H,4,9-12,17H2,1-3H3,(H,19,20). The molecule has 0 saturated heterocycles. The number of nitrogens with zero attached hydrogens (tertiary/aromatic N) is 1. The fourth-order valence-electron chi connectivity index (χ4n) is 2.24. The Bertz CT molecular complexity index is 444. The summed E-state index contributed by atoms with van der Waals surface area (Å²) in [5, 5.41) is 8.98. The summed E-state index contributed by atoms with van der Waals surface area (Å²) in [6, 6.07) is 7.76. The van der Waals surface area contributed by atoms with Crippen LogP contribution in [0, 0.1) is 5.41 Å². The van der Waals surface area contributed by atoms with E-state index in [9.17, 15) is 4.79 Å². The van der Waals surface area contributed by atoms with Gasteiger partial charge in [-0.25, -0.2) is 0 Å². The van der Waals surface area contributed by atoms with Crippen molar-refractivity contribution in [1.29, 1.82) is 0 Å². The molecule has 0 aromatic heterocycles. The maximum Gasteiger partial charge on any atom is 0.307 e. The zero-order valence-corrected chi connectivity index (χ0v) is 12.7. The molecule has 3 N–H and O–H groups in total. The molecule has 1 rings (SSSR count). The molecule has 0 heterocycles. The van der Waals surface area contributed by atoms with E-state index in [0.717, 1.165) is 30.8 Å². The number of hydrogen-bond donors (Lipinski definition) is 2. The van der Waals surface area contributed by atoms with Gasteiger partial charge in [0.2, 0.25) is 0 Å². The minimum atomic E-state index is -0.789. The molecule has 112 valence electrons. The van der Waals surface area contributed by atoms with Gasteiger partial charge in [-0.05, 0) is 29.6 Å². The highest BCUT2D eigenvalue weighted by Gasteiger charge is 2.20. The number of hydrogen-bond acceptors (Lipinski definition) is 3. The van der Waals surface area contributed by atoms with Crippen molar-refractivity contribution >= 4 is 5.97 Å². The summed E-state index contributed by atoms with van der Waals surface area (Å²) < 4.78 is 0. The molecule has 0 atom stereocenters. The quantitative estimate of drug-likeness (QED) is 0.764. The Morgan fingerprint density at radius 1 is 1.30 bits per heavy atom. The minimum Gasteiger partial charge on any atom is -0.481 e. The van der Waals surface area contributed by atoms with Crippen molar-refractivity contribution in [3.8, 4) is 0 Å². The van der Waals surface area contributed by atoms with Crippen LogP contribution in [0.4, 0.5) is 0 Å². The van der Waals surface area contributed by atoms with Crippen LogP contribution in [0.25, 0.3) is 0 Å². The van der Waals surface area contributed by atoms with Gasteiger partial charge in [-0.15, -0.1) is 0 Å². The van der Waals surface area contributed by atoms with Crippen LogP contribution in [-0.4, -0.2) is 35.6 Å². The van der Waals surface area contributed by atoms with Crippen molar-refractivity contribution in [2.45, 2.75) is 33.7 Å². The summed E-state index contributed by atoms with van der Waals surface area (Å²) in [6.07, 6.45) is 0.0774. The molecule has 0 aliphatic carbocycles. The van der Waals surface area contributed by atoms with Gasteiger partial charge in [0.25, 0.3) is 0 Å². The smallest absolute Gasteiger partial charge is 0.307 e. The first-order chi connectivity index (χ1) is 9.38. The van der Waals surface area contributed by atoms with E-state index in [4.69, 9.17) is 10.8 Å². The normalized spacial score (nSPS) is 11.8. The number of carboxylic acid groups (broad SMARTS) is 1. The number of benzene rings is 1. The zero-order valence-electron chi connectivity index (χ0n) is 12.7. The van der Waals surface area contributed by atoms with Gasteiger partial charge in [-0.2, -0.15) is 0 Å². The Morgan fingerprint density at radius 2 is 1.90 bits per heavy atom. The molecule has 0 unspecified atom stereocenters. The van der Waals surface area contributed by atoms with Crippen molar-refractivity contribution in [3.05, 3.63) is 35.4 Å². The van der Waals surface area contributed by atoms with Gasteiger partial charge in [-0.3, -0.25) is 9.69 Å². The van der Waals surface area contributed by atoms with E-state index in [-0.39, 0.29) is 11.8 Å². The molecule has 0 bridgehead atoms. The van der Waals surface area contributed by atoms with Gasteiger partial charge < -0.3 is 10.8 Å². The predicted molar refractivity (Wildman–Crippen MR) is 81.6 cm³/mol. The SMILES string of the molecule is CCN(Cc1ccccc1CC(=O)O)CC(C)(C)CN. The molecule has 1 aromatic rings. The fourth-order valence-corrected chi connectivity index (χ4v) is 2.24. The molecular weight excluding hydrogens is 252 g/mol. The summed E-state index contributed by atoms with van der Waals surface area (Å²) in [6.45, 7) is 9.65. The van der Waals surface area contributed by atoms with Crippen molar-refractivity contribution in [2.75, 3.05) is 19.6 Å². The molecule has 0 amide bonds. The van der Waals surface area contributed by atoms with Crippen LogP contribution in [0.1, 0.15) is 31.9 Å². The monoisotopic (exact) mass is 278 g/mol. The van der Waals surface area contributed by atoms with E-state index >= 15 is 0 Å². The summed E-state index contributed by atoms with van der Waals surface area (Å²) in [5.41, 5.74) is 7.84. The maximum absolute atomic E-state index is 10.9. The van der Waals surface area contributed by atoms with Gasteiger partial charge in [-0.1, -0.05) is 45.0 Å². The summed E-state index contributed by atoms with van der Waals surface area (Å²) in [5.74, 6) is -0.789. The Kier molecular flexibility index (Phi) is 6.17. The van der Waals surface area contributed by atoms with E-state index in [2.05, 4.69) is 25.7 Å². The molecule has 0 spiro atoms. The van der Waals surface area contributed by atoms with Crippen LogP contribution >= 0.6 is 0 Å². The molecule has 0 fully saturated rings. The van der Waals surface area contributed by atoms with Gasteiger partial charge in [0, 0.05) is 13.1 Å². The van der Waals surface area contributed by atoms with Gasteiger partial charge in [0.15, 0.2) is 0 Å². The average Bonchev–Trinajstić information content (AvgIpc) is 2.39. The van der Waals surface area contributed by atoms with E-state index in [0.29, 0.717) is 6.54 Å². The van der Waals surface area contributed by atoms with Crippen molar-refractivity contribution in [1.82, 2.24) is 4.90 Å². The molecule has 4 nitrogen and oxygen atoms in total. The van der Waals surface area contributed by atoms with Crippen molar-refractivity contribution < 1.29 is 9.90 Å². The van der Waals surface area contributed by atoms with E-state index in [1.165, 1.54) is 0 Å². The predicted octanol–water partition coefficient (Wildman–Crippen LogP) is 2.12. The van der Waals surface area contributed by atoms with Crippen LogP contribution in [0.5, 0.6) is 0 Å². The van der Waals surface area contributed by atoms with Crippen molar-refractivity contribution in [3.63, 3.8) is 0 Å². The second-order valence-electron chi connectivity index (χ2n) is 6.01. The Labute approximate surface area is 121 Å². The molecule has 20 heavy (non-hydrogen) atoms. The molecule has 0 saturated carbocycles. The van der Waals surface area contributed by atoms with Crippen LogP contribution in [0.3, 0.4) is 0 Å². The highest BCUT2D eigenvalue weighted by Crippen LogP contribution is 2.18. The van der Waals surface area contributed by atoms with Gasteiger partial charge >= 0.3 is 5.97 Å². The first-order valence-electron chi connectivity index (χ1n) is 7.09. The lowest BCUT2D eigenvalue weighted by Crippen LogP contribution is -2.38. The third-order valence-corrected chi connectivity index (χ3v) is 3.51. The second kappa shape index (κ2) is 7.41. The van der Waals surface area contributed by atoms with E-state index in [1.54, 1.807) is 0 Å². The third kappa shape index (κ3) is 5.31. The average molecular weight is 278 g/mol. The summed E-state index contributed by atoms with van der Waals surface area (Å²) in [7, 11) is 0. The molecule has 4 heteroatoms. The molecule has 0 radical (unpaired) electrons. The topological polar surface area (TPSA) is 66.6 Å². The highest BCUT2D eigenvalue weighted by atomic mass is 16.4. The fraction of sp³-hybridized carbons (Fsp3) is 0.562. The number of carboxylic acids is 1. The second-order valence-corrected chi connectivity index (χ2v) is 6.01. The van der Waals surface area contributed by atoms with Crippen LogP contribution < -0.4 is 5.73 Å². The summed E-state index contributed by atoms with van der Waals surface area (Å²) in [4.78, 5) is 13.2. The number of carbonyl (C=O) groups is 1. The van der Waals surface area contributed by atoms with E-state index < -0.39 is 5.97 Å². The summed E-state index contributed by atoms with van der Waals surface area (Å²) >= 11 is 0. The van der Waals surface area contributed by atoms with Crippen molar-refractivity contribution in [2.24, 2.45) is 11.1 Å². The Morgan fingerprint density at radius 3 is 2.40 bits per heavy atom. The highest BCUT2D eigenvalue weighted by molar-refractivity contribution is 5.70. The lowest BCUT2D eigenvalue weighted by atomic mass is 9.92. The molecule has 0 aliphatic heterocycles. The maximum atomic E-state index is 10.9. The first-order valence-corrected chi connectivity index (χ1v) is 7.09. The van der Waals surface area contributed by atoms with Crippen LogP contribution in [0.2, 0.25) is 0 Å².